The molecular weight excluding hydrogens is 292 g/mol. The molecule has 0 atom stereocenters. The third kappa shape index (κ3) is 3.59. The van der Waals surface area contributed by atoms with Crippen LogP contribution < -0.4 is 5.32 Å². The third-order valence-corrected chi connectivity index (χ3v) is 4.10. The summed E-state index contributed by atoms with van der Waals surface area (Å²) in [7, 11) is 0. The smallest absolute Gasteiger partial charge is 0.221 e. The van der Waals surface area contributed by atoms with Gasteiger partial charge in [0.2, 0.25) is 5.91 Å². The van der Waals surface area contributed by atoms with E-state index in [1.807, 2.05) is 42.5 Å². The summed E-state index contributed by atoms with van der Waals surface area (Å²) in [6.45, 7) is 1.50. The van der Waals surface area contributed by atoms with Crippen molar-refractivity contribution in [1.29, 1.82) is 0 Å². The van der Waals surface area contributed by atoms with E-state index in [0.29, 0.717) is 0 Å². The van der Waals surface area contributed by atoms with Crippen LogP contribution in [0.5, 0.6) is 0 Å². The molecule has 0 saturated carbocycles. The third-order valence-electron chi connectivity index (χ3n) is 3.25. The maximum Gasteiger partial charge on any atom is 0.221 e. The van der Waals surface area contributed by atoms with Crippen molar-refractivity contribution in [2.24, 2.45) is 0 Å². The average Bonchev–Trinajstić information content (AvgIpc) is 2.97. The minimum atomic E-state index is -0.0634. The average molecular weight is 308 g/mol. The molecule has 1 heterocycles. The van der Waals surface area contributed by atoms with Gasteiger partial charge in [0.15, 0.2) is 0 Å². The zero-order valence-corrected chi connectivity index (χ0v) is 13.1. The number of hydrogen-bond donors (Lipinski definition) is 1. The summed E-state index contributed by atoms with van der Waals surface area (Å²) in [5.41, 5.74) is 4.11. The number of hydrogen-bond acceptors (Lipinski definition) is 3. The first-order valence-corrected chi connectivity index (χ1v) is 7.95. The summed E-state index contributed by atoms with van der Waals surface area (Å²) in [4.78, 5) is 15.7. The highest BCUT2D eigenvalue weighted by atomic mass is 32.1. The Bertz CT molecular complexity index is 763. The topological polar surface area (TPSA) is 42.0 Å². The number of anilines is 1. The Hall–Kier alpha value is -2.46. The van der Waals surface area contributed by atoms with Crippen molar-refractivity contribution in [2.45, 2.75) is 13.3 Å². The largest absolute Gasteiger partial charge is 0.326 e. The second kappa shape index (κ2) is 6.54. The van der Waals surface area contributed by atoms with Gasteiger partial charge in [0, 0.05) is 30.0 Å². The van der Waals surface area contributed by atoms with Gasteiger partial charge in [0.25, 0.3) is 0 Å². The molecule has 22 heavy (non-hydrogen) atoms. The van der Waals surface area contributed by atoms with Crippen molar-refractivity contribution in [1.82, 2.24) is 4.98 Å². The minimum absolute atomic E-state index is 0.0634. The van der Waals surface area contributed by atoms with Crippen LogP contribution in [0, 0.1) is 0 Å². The van der Waals surface area contributed by atoms with Crippen LogP contribution in [0.15, 0.2) is 60.0 Å². The number of carbonyl (C=O) groups is 1. The number of aromatic nitrogens is 1. The fraction of sp³-hybridized carbons (Fsp3) is 0.111. The monoisotopic (exact) mass is 308 g/mol. The van der Waals surface area contributed by atoms with E-state index in [4.69, 9.17) is 4.98 Å². The molecule has 3 rings (SSSR count). The second-order valence-corrected chi connectivity index (χ2v) is 5.99. The summed E-state index contributed by atoms with van der Waals surface area (Å²) in [6.07, 6.45) is 0.857. The zero-order chi connectivity index (χ0) is 15.4. The number of rotatable bonds is 4. The predicted octanol–water partition coefficient (Wildman–Crippen LogP) is 4.36. The molecule has 4 heteroatoms. The van der Waals surface area contributed by atoms with E-state index in [-0.39, 0.29) is 5.91 Å². The van der Waals surface area contributed by atoms with Crippen LogP contribution in [-0.2, 0) is 11.2 Å². The van der Waals surface area contributed by atoms with E-state index >= 15 is 0 Å². The van der Waals surface area contributed by atoms with Crippen molar-refractivity contribution in [3.63, 3.8) is 0 Å². The van der Waals surface area contributed by atoms with Crippen molar-refractivity contribution in [2.75, 3.05) is 5.32 Å². The van der Waals surface area contributed by atoms with Gasteiger partial charge in [0.1, 0.15) is 0 Å². The van der Waals surface area contributed by atoms with Gasteiger partial charge < -0.3 is 5.32 Å². The van der Waals surface area contributed by atoms with Crippen LogP contribution in [0.2, 0.25) is 0 Å². The van der Waals surface area contributed by atoms with Crippen LogP contribution in [0.1, 0.15) is 17.5 Å². The first kappa shape index (κ1) is 14.5. The first-order chi connectivity index (χ1) is 10.7. The lowest BCUT2D eigenvalue weighted by Crippen LogP contribution is -2.05. The van der Waals surface area contributed by atoms with Gasteiger partial charge in [-0.1, -0.05) is 42.5 Å². The fourth-order valence-corrected chi connectivity index (χ4v) is 3.06. The molecule has 3 nitrogen and oxygen atoms in total. The summed E-state index contributed by atoms with van der Waals surface area (Å²) < 4.78 is 0. The van der Waals surface area contributed by atoms with Gasteiger partial charge >= 0.3 is 0 Å². The lowest BCUT2D eigenvalue weighted by Gasteiger charge is -2.02. The molecule has 0 aliphatic heterocycles. The molecule has 0 aliphatic rings. The molecule has 0 aliphatic carbocycles. The van der Waals surface area contributed by atoms with E-state index in [0.717, 1.165) is 28.4 Å². The lowest BCUT2D eigenvalue weighted by atomic mass is 10.1. The molecule has 2 aromatic carbocycles. The highest BCUT2D eigenvalue weighted by molar-refractivity contribution is 7.10. The summed E-state index contributed by atoms with van der Waals surface area (Å²) >= 11 is 1.67. The maximum absolute atomic E-state index is 11.0. The van der Waals surface area contributed by atoms with Crippen molar-refractivity contribution < 1.29 is 4.79 Å². The number of thiazole rings is 1. The SMILES string of the molecule is CC(=O)Nc1ccc(-c2csc(Cc3ccccc3)n2)cc1. The number of benzene rings is 2. The van der Waals surface area contributed by atoms with Gasteiger partial charge in [0.05, 0.1) is 10.7 Å². The Labute approximate surface area is 133 Å². The highest BCUT2D eigenvalue weighted by Crippen LogP contribution is 2.24. The lowest BCUT2D eigenvalue weighted by molar-refractivity contribution is -0.114. The van der Waals surface area contributed by atoms with Crippen molar-refractivity contribution in [3.05, 3.63) is 70.5 Å². The van der Waals surface area contributed by atoms with Crippen molar-refractivity contribution in [3.8, 4) is 11.3 Å². The Balaban J connectivity index is 1.74. The van der Waals surface area contributed by atoms with E-state index in [1.165, 1.54) is 12.5 Å². The molecule has 1 N–H and O–H groups in total. The molecule has 0 fully saturated rings. The fourth-order valence-electron chi connectivity index (χ4n) is 2.22. The molecule has 0 saturated heterocycles. The van der Waals surface area contributed by atoms with Gasteiger partial charge in [-0.3, -0.25) is 4.79 Å². The predicted molar refractivity (Wildman–Crippen MR) is 91.1 cm³/mol. The standard InChI is InChI=1S/C18H16N2OS/c1-13(21)19-16-9-7-15(8-10-16)17-12-22-18(20-17)11-14-5-3-2-4-6-14/h2-10,12H,11H2,1H3,(H,19,21). The Morgan fingerprint density at radius 2 is 1.82 bits per heavy atom. The van der Waals surface area contributed by atoms with Crippen LogP contribution in [0.4, 0.5) is 5.69 Å². The number of carbonyl (C=O) groups excluding carboxylic acids is 1. The highest BCUT2D eigenvalue weighted by Gasteiger charge is 2.06. The second-order valence-electron chi connectivity index (χ2n) is 5.05. The molecule has 1 amide bonds. The van der Waals surface area contributed by atoms with Gasteiger partial charge in [-0.25, -0.2) is 4.98 Å². The molecule has 0 radical (unpaired) electrons. The van der Waals surface area contributed by atoms with Crippen LogP contribution in [0.25, 0.3) is 11.3 Å². The van der Waals surface area contributed by atoms with E-state index in [1.54, 1.807) is 11.3 Å². The number of amides is 1. The normalized spacial score (nSPS) is 10.4. The molecule has 0 spiro atoms. The molecule has 0 unspecified atom stereocenters. The van der Waals surface area contributed by atoms with Gasteiger partial charge in [-0.05, 0) is 17.7 Å². The maximum atomic E-state index is 11.0. The number of nitrogens with zero attached hydrogens (tertiary/aromatic N) is 1. The first-order valence-electron chi connectivity index (χ1n) is 7.07. The quantitative estimate of drug-likeness (QED) is 0.778. The summed E-state index contributed by atoms with van der Waals surface area (Å²) in [5, 5.41) is 5.94. The molecule has 3 aromatic rings. The Kier molecular flexibility index (Phi) is 4.30. The molecular formula is C18H16N2OS. The molecule has 0 bridgehead atoms. The van der Waals surface area contributed by atoms with Crippen LogP contribution >= 0.6 is 11.3 Å². The number of nitrogens with one attached hydrogen (secondary N) is 1. The van der Waals surface area contributed by atoms with Crippen molar-refractivity contribution >= 4 is 22.9 Å². The van der Waals surface area contributed by atoms with E-state index < -0.39 is 0 Å². The Morgan fingerprint density at radius 1 is 1.09 bits per heavy atom. The van der Waals surface area contributed by atoms with E-state index in [2.05, 4.69) is 22.8 Å². The zero-order valence-electron chi connectivity index (χ0n) is 12.2. The van der Waals surface area contributed by atoms with Crippen LogP contribution in [-0.4, -0.2) is 10.9 Å². The summed E-state index contributed by atoms with van der Waals surface area (Å²) in [5.74, 6) is -0.0634. The Morgan fingerprint density at radius 3 is 2.50 bits per heavy atom. The van der Waals surface area contributed by atoms with Gasteiger partial charge in [-0.2, -0.15) is 0 Å². The van der Waals surface area contributed by atoms with Gasteiger partial charge in [-0.15, -0.1) is 11.3 Å². The molecule has 1 aromatic heterocycles. The minimum Gasteiger partial charge on any atom is -0.326 e. The van der Waals surface area contributed by atoms with Crippen LogP contribution in [0.3, 0.4) is 0 Å². The summed E-state index contributed by atoms with van der Waals surface area (Å²) in [6, 6.07) is 18.1. The molecule has 110 valence electrons. The van der Waals surface area contributed by atoms with E-state index in [9.17, 15) is 4.79 Å².